The Morgan fingerprint density at radius 1 is 0.969 bits per heavy atom. The number of hydrogen-bond acceptors (Lipinski definition) is 4. The molecule has 0 aliphatic carbocycles. The zero-order chi connectivity index (χ0) is 23.0. The number of aromatic nitrogens is 1. The SMILES string of the molecule is CCNS(=O)(=O)c1ccc(C=CC(=O)NCc2ccc(Cn3ccccc3=O)cc2)cc1. The zero-order valence-electron chi connectivity index (χ0n) is 17.7. The van der Waals surface area contributed by atoms with Crippen LogP contribution in [0.1, 0.15) is 23.6 Å². The number of sulfonamides is 1. The fourth-order valence-corrected chi connectivity index (χ4v) is 4.04. The van der Waals surface area contributed by atoms with Crippen molar-refractivity contribution in [1.29, 1.82) is 0 Å². The van der Waals surface area contributed by atoms with Gasteiger partial charge in [-0.15, -0.1) is 0 Å². The van der Waals surface area contributed by atoms with Crippen LogP contribution in [0.25, 0.3) is 6.08 Å². The molecule has 0 radical (unpaired) electrons. The number of amides is 1. The summed E-state index contributed by atoms with van der Waals surface area (Å²) in [4.78, 5) is 24.1. The standard InChI is InChI=1S/C24H25N3O4S/c1-2-26-32(30,31)22-13-10-19(11-14-22)12-15-23(28)25-17-20-6-8-21(9-7-20)18-27-16-4-3-5-24(27)29/h3-16,26H,2,17-18H2,1H3,(H,25,28). The first-order valence-corrected chi connectivity index (χ1v) is 11.6. The van der Waals surface area contributed by atoms with Gasteiger partial charge in [-0.05, 0) is 41.0 Å². The van der Waals surface area contributed by atoms with Gasteiger partial charge in [0.05, 0.1) is 11.4 Å². The van der Waals surface area contributed by atoms with Crippen molar-refractivity contribution in [3.05, 3.63) is 106 Å². The van der Waals surface area contributed by atoms with Gasteiger partial charge >= 0.3 is 0 Å². The van der Waals surface area contributed by atoms with E-state index in [4.69, 9.17) is 0 Å². The van der Waals surface area contributed by atoms with Gasteiger partial charge in [0.2, 0.25) is 15.9 Å². The number of hydrogen-bond donors (Lipinski definition) is 2. The first-order valence-electron chi connectivity index (χ1n) is 10.2. The van der Waals surface area contributed by atoms with E-state index in [0.717, 1.165) is 16.7 Å². The Balaban J connectivity index is 1.52. The molecular weight excluding hydrogens is 426 g/mol. The monoisotopic (exact) mass is 451 g/mol. The molecule has 1 aromatic heterocycles. The lowest BCUT2D eigenvalue weighted by molar-refractivity contribution is -0.116. The van der Waals surface area contributed by atoms with Crippen molar-refractivity contribution >= 4 is 22.0 Å². The molecule has 0 saturated heterocycles. The van der Waals surface area contributed by atoms with E-state index in [1.54, 1.807) is 42.0 Å². The number of carbonyl (C=O) groups is 1. The van der Waals surface area contributed by atoms with E-state index in [1.165, 1.54) is 24.3 Å². The molecule has 2 aromatic carbocycles. The minimum atomic E-state index is -3.49. The number of rotatable bonds is 9. The molecule has 0 saturated carbocycles. The fourth-order valence-electron chi connectivity index (χ4n) is 3.00. The Morgan fingerprint density at radius 3 is 2.31 bits per heavy atom. The second kappa shape index (κ2) is 10.7. The van der Waals surface area contributed by atoms with E-state index in [-0.39, 0.29) is 16.4 Å². The lowest BCUT2D eigenvalue weighted by Gasteiger charge is -2.07. The van der Waals surface area contributed by atoms with E-state index in [9.17, 15) is 18.0 Å². The van der Waals surface area contributed by atoms with Crippen LogP contribution in [0.15, 0.2) is 88.7 Å². The van der Waals surface area contributed by atoms with Crippen LogP contribution in [0.4, 0.5) is 0 Å². The summed E-state index contributed by atoms with van der Waals surface area (Å²) in [6.45, 7) is 2.90. The van der Waals surface area contributed by atoms with Gasteiger partial charge in [-0.1, -0.05) is 49.4 Å². The highest BCUT2D eigenvalue weighted by molar-refractivity contribution is 7.89. The maximum absolute atomic E-state index is 12.1. The van der Waals surface area contributed by atoms with Gasteiger partial charge in [0.1, 0.15) is 0 Å². The van der Waals surface area contributed by atoms with Crippen LogP contribution in [-0.4, -0.2) is 25.4 Å². The largest absolute Gasteiger partial charge is 0.348 e. The lowest BCUT2D eigenvalue weighted by atomic mass is 10.1. The Morgan fingerprint density at radius 2 is 1.66 bits per heavy atom. The van der Waals surface area contributed by atoms with Crippen molar-refractivity contribution in [2.24, 2.45) is 0 Å². The molecule has 8 heteroatoms. The minimum Gasteiger partial charge on any atom is -0.348 e. The van der Waals surface area contributed by atoms with Gasteiger partial charge in [-0.3, -0.25) is 9.59 Å². The van der Waals surface area contributed by atoms with Crippen molar-refractivity contribution in [2.75, 3.05) is 6.54 Å². The van der Waals surface area contributed by atoms with Crippen LogP contribution >= 0.6 is 0 Å². The van der Waals surface area contributed by atoms with E-state index < -0.39 is 10.0 Å². The highest BCUT2D eigenvalue weighted by Crippen LogP contribution is 2.11. The number of carbonyl (C=O) groups excluding carboxylic acids is 1. The zero-order valence-corrected chi connectivity index (χ0v) is 18.5. The average molecular weight is 452 g/mol. The van der Waals surface area contributed by atoms with Crippen molar-refractivity contribution in [3.63, 3.8) is 0 Å². The summed E-state index contributed by atoms with van der Waals surface area (Å²) in [6, 6.07) is 19.0. The van der Waals surface area contributed by atoms with Crippen LogP contribution in [0.3, 0.4) is 0 Å². The van der Waals surface area contributed by atoms with Crippen molar-refractivity contribution < 1.29 is 13.2 Å². The molecule has 1 amide bonds. The van der Waals surface area contributed by atoms with Gasteiger partial charge in [-0.2, -0.15) is 0 Å². The molecule has 0 fully saturated rings. The second-order valence-corrected chi connectivity index (χ2v) is 8.87. The molecular formula is C24H25N3O4S. The molecule has 0 aliphatic heterocycles. The van der Waals surface area contributed by atoms with Crippen LogP contribution in [0.5, 0.6) is 0 Å². The average Bonchev–Trinajstić information content (AvgIpc) is 2.79. The second-order valence-electron chi connectivity index (χ2n) is 7.10. The third-order valence-electron chi connectivity index (χ3n) is 4.69. The molecule has 0 atom stereocenters. The molecule has 32 heavy (non-hydrogen) atoms. The quantitative estimate of drug-likeness (QED) is 0.489. The topological polar surface area (TPSA) is 97.3 Å². The number of pyridine rings is 1. The molecule has 0 unspecified atom stereocenters. The molecule has 0 aliphatic rings. The highest BCUT2D eigenvalue weighted by atomic mass is 32.2. The maximum atomic E-state index is 12.1. The predicted molar refractivity (Wildman–Crippen MR) is 124 cm³/mol. The summed E-state index contributed by atoms with van der Waals surface area (Å²) in [6.07, 6.45) is 4.78. The van der Waals surface area contributed by atoms with E-state index >= 15 is 0 Å². The third-order valence-corrected chi connectivity index (χ3v) is 6.26. The van der Waals surface area contributed by atoms with Crippen molar-refractivity contribution in [3.8, 4) is 0 Å². The minimum absolute atomic E-state index is 0.0514. The first kappa shape index (κ1) is 23.2. The number of benzene rings is 2. The van der Waals surface area contributed by atoms with E-state index in [1.807, 2.05) is 30.3 Å². The van der Waals surface area contributed by atoms with E-state index in [2.05, 4.69) is 10.0 Å². The summed E-state index contributed by atoms with van der Waals surface area (Å²) >= 11 is 0. The molecule has 166 valence electrons. The van der Waals surface area contributed by atoms with Crippen LogP contribution in [-0.2, 0) is 27.9 Å². The van der Waals surface area contributed by atoms with Crippen molar-refractivity contribution in [1.82, 2.24) is 14.6 Å². The number of nitrogens with one attached hydrogen (secondary N) is 2. The summed E-state index contributed by atoms with van der Waals surface area (Å²) in [5.41, 5.74) is 2.60. The molecule has 2 N–H and O–H groups in total. The Bertz CT molecular complexity index is 1250. The van der Waals surface area contributed by atoms with Crippen LogP contribution in [0, 0.1) is 0 Å². The Kier molecular flexibility index (Phi) is 7.75. The normalized spacial score (nSPS) is 11.5. The molecule has 7 nitrogen and oxygen atoms in total. The molecule has 3 rings (SSSR count). The third kappa shape index (κ3) is 6.50. The van der Waals surface area contributed by atoms with Crippen LogP contribution in [0.2, 0.25) is 0 Å². The first-order chi connectivity index (χ1) is 15.4. The Hall–Kier alpha value is -3.49. The summed E-state index contributed by atoms with van der Waals surface area (Å²) in [7, 11) is -3.49. The molecule has 0 spiro atoms. The summed E-state index contributed by atoms with van der Waals surface area (Å²) < 4.78 is 28.0. The molecule has 1 heterocycles. The van der Waals surface area contributed by atoms with Gasteiger partial charge in [0.15, 0.2) is 0 Å². The predicted octanol–water partition coefficient (Wildman–Crippen LogP) is 2.52. The van der Waals surface area contributed by atoms with Gasteiger partial charge in [0, 0.05) is 31.4 Å². The van der Waals surface area contributed by atoms with Gasteiger partial charge in [0.25, 0.3) is 5.56 Å². The van der Waals surface area contributed by atoms with E-state index in [0.29, 0.717) is 19.6 Å². The van der Waals surface area contributed by atoms with Gasteiger partial charge in [-0.25, -0.2) is 13.1 Å². The number of nitrogens with zero attached hydrogens (tertiary/aromatic N) is 1. The smallest absolute Gasteiger partial charge is 0.250 e. The fraction of sp³-hybridized carbons (Fsp3) is 0.167. The van der Waals surface area contributed by atoms with Crippen molar-refractivity contribution in [2.45, 2.75) is 24.9 Å². The van der Waals surface area contributed by atoms with Crippen LogP contribution < -0.4 is 15.6 Å². The molecule has 3 aromatic rings. The lowest BCUT2D eigenvalue weighted by Crippen LogP contribution is -2.23. The van der Waals surface area contributed by atoms with Gasteiger partial charge < -0.3 is 9.88 Å². The summed E-state index contributed by atoms with van der Waals surface area (Å²) in [5, 5.41) is 2.81. The molecule has 0 bridgehead atoms. The summed E-state index contributed by atoms with van der Waals surface area (Å²) in [5.74, 6) is -0.255. The maximum Gasteiger partial charge on any atom is 0.250 e. The highest BCUT2D eigenvalue weighted by Gasteiger charge is 2.11. The Labute approximate surface area is 187 Å².